The number of thioether (sulfide) groups is 2. The van der Waals surface area contributed by atoms with E-state index >= 15 is 0 Å². The van der Waals surface area contributed by atoms with Gasteiger partial charge in [-0.3, -0.25) is 19.8 Å². The fourth-order valence-corrected chi connectivity index (χ4v) is 6.39. The Bertz CT molecular complexity index is 2040. The van der Waals surface area contributed by atoms with Crippen molar-refractivity contribution in [3.63, 3.8) is 0 Å². The van der Waals surface area contributed by atoms with Gasteiger partial charge in [-0.1, -0.05) is 41.7 Å². The Morgan fingerprint density at radius 3 is 2.23 bits per heavy atom. The van der Waals surface area contributed by atoms with Crippen molar-refractivity contribution in [3.8, 4) is 11.8 Å². The first-order valence-corrected chi connectivity index (χ1v) is 15.8. The minimum atomic E-state index is -0.159. The van der Waals surface area contributed by atoms with Crippen LogP contribution < -0.4 is 11.1 Å². The lowest BCUT2D eigenvalue weighted by Gasteiger charge is -1.99. The summed E-state index contributed by atoms with van der Waals surface area (Å²) >= 11 is 4.69. The zero-order chi connectivity index (χ0) is 29.6. The van der Waals surface area contributed by atoms with Crippen molar-refractivity contribution in [2.24, 2.45) is 0 Å². The SMILES string of the molecule is Cc1csc(SCc2cc(=O)n(-c3ccccn3)[nH]2)n1.O=c1cc(CSc2ncccn2)[nH]n1-c1nc2ccccc2[nH]1.[HH].[HH].[HH]. The number of thiazole rings is 1. The summed E-state index contributed by atoms with van der Waals surface area (Å²) in [5, 5.41) is 8.82. The lowest BCUT2D eigenvalue weighted by molar-refractivity contribution is 0.789. The molecule has 0 spiro atoms. The van der Waals surface area contributed by atoms with Crippen molar-refractivity contribution in [3.05, 3.63) is 122 Å². The number of nitrogens with one attached hydrogen (secondary N) is 3. The number of hydrogen-bond donors (Lipinski definition) is 3. The van der Waals surface area contributed by atoms with Gasteiger partial charge in [0.15, 0.2) is 11.0 Å². The first-order valence-electron chi connectivity index (χ1n) is 12.9. The molecule has 0 aliphatic carbocycles. The summed E-state index contributed by atoms with van der Waals surface area (Å²) in [4.78, 5) is 48.5. The molecule has 43 heavy (non-hydrogen) atoms. The van der Waals surface area contributed by atoms with E-state index in [0.29, 0.717) is 28.4 Å². The van der Waals surface area contributed by atoms with Gasteiger partial charge >= 0.3 is 0 Å². The van der Waals surface area contributed by atoms with Gasteiger partial charge in [0, 0.05) is 69.0 Å². The number of aromatic amines is 3. The second kappa shape index (κ2) is 13.1. The lowest BCUT2D eigenvalue weighted by atomic mass is 10.3. The third-order valence-electron chi connectivity index (χ3n) is 5.86. The third kappa shape index (κ3) is 7.02. The summed E-state index contributed by atoms with van der Waals surface area (Å²) in [7, 11) is 0. The molecule has 0 unspecified atom stereocenters. The van der Waals surface area contributed by atoms with Gasteiger partial charge in [-0.2, -0.15) is 4.68 Å². The fraction of sp³-hybridized carbons (Fsp3) is 0.107. The first kappa shape index (κ1) is 28.4. The van der Waals surface area contributed by atoms with E-state index in [4.69, 9.17) is 0 Å². The molecule has 12 nitrogen and oxygen atoms in total. The van der Waals surface area contributed by atoms with E-state index in [0.717, 1.165) is 32.5 Å². The number of aromatic nitrogens is 10. The summed E-state index contributed by atoms with van der Waals surface area (Å²) in [5.41, 5.74) is 4.11. The molecule has 222 valence electrons. The average molecular weight is 635 g/mol. The summed E-state index contributed by atoms with van der Waals surface area (Å²) in [6, 6.07) is 18.0. The van der Waals surface area contributed by atoms with Crippen LogP contribution in [0.5, 0.6) is 0 Å². The van der Waals surface area contributed by atoms with E-state index in [1.54, 1.807) is 66.0 Å². The van der Waals surface area contributed by atoms with Gasteiger partial charge in [-0.15, -0.1) is 11.3 Å². The molecule has 7 aromatic rings. The largest absolute Gasteiger partial charge is 0.322 e. The van der Waals surface area contributed by atoms with Gasteiger partial charge in [-0.05, 0) is 37.3 Å². The topological polar surface area (TPSA) is 156 Å². The minimum absolute atomic E-state index is 0. The van der Waals surface area contributed by atoms with Crippen LogP contribution in [0.1, 0.15) is 21.4 Å². The molecule has 0 atom stereocenters. The van der Waals surface area contributed by atoms with Crippen molar-refractivity contribution in [1.82, 2.24) is 49.5 Å². The van der Waals surface area contributed by atoms with E-state index in [-0.39, 0.29) is 15.4 Å². The number of para-hydroxylation sites is 2. The van der Waals surface area contributed by atoms with E-state index < -0.39 is 0 Å². The number of rotatable bonds is 8. The highest BCUT2D eigenvalue weighted by molar-refractivity contribution is 8.00. The van der Waals surface area contributed by atoms with Crippen molar-refractivity contribution in [2.75, 3.05) is 0 Å². The standard InChI is InChI=1S/C15H12N6OS.C13H12N4OS2.3H2/c22-13-8-10(9-23-15-16-6-3-7-17-15)20-21(13)14-18-11-4-1-2-5-12(11)19-14;1-9-7-19-13(15-9)20-8-10-6-12(18)17(16-10)11-4-2-3-5-14-11;;;/h1-8,20H,9H2,(H,18,19);2-7,16H,8H2,1H3;3*1H. The predicted octanol–water partition coefficient (Wildman–Crippen LogP) is 5.48. The molecule has 0 bridgehead atoms. The average Bonchev–Trinajstić information content (AvgIpc) is 3.82. The zero-order valence-corrected chi connectivity index (χ0v) is 25.1. The van der Waals surface area contributed by atoms with Crippen LogP contribution in [-0.4, -0.2) is 49.5 Å². The molecular weight excluding hydrogens is 605 g/mol. The molecule has 1 aromatic carbocycles. The fourth-order valence-electron chi connectivity index (χ4n) is 3.94. The molecule has 0 aliphatic rings. The highest BCUT2D eigenvalue weighted by Crippen LogP contribution is 2.25. The van der Waals surface area contributed by atoms with Gasteiger partial charge in [0.05, 0.1) is 11.0 Å². The van der Waals surface area contributed by atoms with E-state index in [2.05, 4.69) is 40.1 Å². The number of hydrogen-bond acceptors (Lipinski definition) is 10. The number of pyridine rings is 1. The van der Waals surface area contributed by atoms with Gasteiger partial charge < -0.3 is 4.98 Å². The van der Waals surface area contributed by atoms with Crippen molar-refractivity contribution in [1.29, 1.82) is 0 Å². The first-order chi connectivity index (χ1) is 21.0. The van der Waals surface area contributed by atoms with Gasteiger partial charge in [0.2, 0.25) is 5.95 Å². The quantitative estimate of drug-likeness (QED) is 0.146. The summed E-state index contributed by atoms with van der Waals surface area (Å²) < 4.78 is 3.86. The second-order valence-corrected chi connectivity index (χ2v) is 12.1. The van der Waals surface area contributed by atoms with Crippen LogP contribution in [-0.2, 0) is 11.5 Å². The summed E-state index contributed by atoms with van der Waals surface area (Å²) in [6.07, 6.45) is 5.05. The second-order valence-electron chi connectivity index (χ2n) is 9.04. The van der Waals surface area contributed by atoms with Crippen LogP contribution in [0.25, 0.3) is 22.8 Å². The highest BCUT2D eigenvalue weighted by Gasteiger charge is 2.11. The molecule has 6 heterocycles. The van der Waals surface area contributed by atoms with Crippen LogP contribution in [0.3, 0.4) is 0 Å². The smallest absolute Gasteiger partial charge is 0.274 e. The molecule has 3 N–H and O–H groups in total. The molecule has 0 amide bonds. The number of H-pyrrole nitrogens is 3. The Hall–Kier alpha value is -4.73. The molecule has 0 aliphatic heterocycles. The highest BCUT2D eigenvalue weighted by atomic mass is 32.2. The van der Waals surface area contributed by atoms with Crippen LogP contribution in [0.4, 0.5) is 0 Å². The number of imidazole rings is 1. The third-order valence-corrected chi connectivity index (χ3v) is 8.97. The molecule has 0 saturated carbocycles. The molecule has 15 heteroatoms. The number of benzene rings is 1. The lowest BCUT2D eigenvalue weighted by Crippen LogP contribution is -2.14. The Morgan fingerprint density at radius 1 is 0.814 bits per heavy atom. The van der Waals surface area contributed by atoms with Gasteiger partial charge in [-0.25, -0.2) is 29.6 Å². The molecule has 0 radical (unpaired) electrons. The number of nitrogens with zero attached hydrogens (tertiary/aromatic N) is 7. The molecule has 7 rings (SSSR count). The maximum absolute atomic E-state index is 12.2. The van der Waals surface area contributed by atoms with Gasteiger partial charge in [0.1, 0.15) is 4.34 Å². The van der Waals surface area contributed by atoms with Crippen molar-refractivity contribution < 1.29 is 4.28 Å². The van der Waals surface area contributed by atoms with E-state index in [1.807, 2.05) is 48.7 Å². The minimum Gasteiger partial charge on any atom is -0.322 e. The normalized spacial score (nSPS) is 11.0. The predicted molar refractivity (Wildman–Crippen MR) is 175 cm³/mol. The van der Waals surface area contributed by atoms with E-state index in [1.165, 1.54) is 21.1 Å². The molecule has 6 aromatic heterocycles. The van der Waals surface area contributed by atoms with Crippen LogP contribution >= 0.6 is 34.9 Å². The van der Waals surface area contributed by atoms with Crippen LogP contribution in [0, 0.1) is 6.92 Å². The molecule has 0 fully saturated rings. The zero-order valence-electron chi connectivity index (χ0n) is 22.7. The van der Waals surface area contributed by atoms with Crippen LogP contribution in [0.2, 0.25) is 0 Å². The van der Waals surface area contributed by atoms with Crippen LogP contribution in [0.15, 0.2) is 104 Å². The maximum atomic E-state index is 12.2. The summed E-state index contributed by atoms with van der Waals surface area (Å²) in [5.74, 6) is 2.33. The van der Waals surface area contributed by atoms with Crippen molar-refractivity contribution >= 4 is 45.9 Å². The van der Waals surface area contributed by atoms with Gasteiger partial charge in [0.25, 0.3) is 11.1 Å². The molecule has 0 saturated heterocycles. The number of fused-ring (bicyclic) bond motifs is 1. The Labute approximate surface area is 261 Å². The monoisotopic (exact) mass is 634 g/mol. The maximum Gasteiger partial charge on any atom is 0.274 e. The summed E-state index contributed by atoms with van der Waals surface area (Å²) in [6.45, 7) is 1.97. The Kier molecular flexibility index (Phi) is 8.62. The Morgan fingerprint density at radius 2 is 1.51 bits per heavy atom. The van der Waals surface area contributed by atoms with Crippen molar-refractivity contribution in [2.45, 2.75) is 27.9 Å². The molecular formula is C28H30N10O2S3. The Balaban J connectivity index is 0.000000237. The van der Waals surface area contributed by atoms with E-state index in [9.17, 15) is 9.59 Å². The number of aryl methyl sites for hydroxylation is 1.